The number of aryl methyl sites for hydroxylation is 2. The van der Waals surface area contributed by atoms with E-state index in [9.17, 15) is 0 Å². The summed E-state index contributed by atoms with van der Waals surface area (Å²) in [6.07, 6.45) is 2.64. The van der Waals surface area contributed by atoms with Crippen molar-refractivity contribution in [3.8, 4) is 0 Å². The van der Waals surface area contributed by atoms with Gasteiger partial charge in [-0.2, -0.15) is 0 Å². The SMILES string of the molecule is CC.CC.CCCC.Cc1ccc(C)c2ccccc12. The highest BCUT2D eigenvalue weighted by molar-refractivity contribution is 5.88. The number of fused-ring (bicyclic) bond motifs is 1. The summed E-state index contributed by atoms with van der Waals surface area (Å²) in [6, 6.07) is 12.9. The molecule has 0 amide bonds. The fraction of sp³-hybridized carbons (Fsp3) is 0.500. The molecule has 0 nitrogen and oxygen atoms in total. The molecule has 2 rings (SSSR count). The summed E-state index contributed by atoms with van der Waals surface area (Å²) in [4.78, 5) is 0. The summed E-state index contributed by atoms with van der Waals surface area (Å²) >= 11 is 0. The molecule has 0 fully saturated rings. The predicted octanol–water partition coefficient (Wildman–Crippen LogP) is 7.32. The molecule has 0 aromatic heterocycles. The van der Waals surface area contributed by atoms with Gasteiger partial charge in [0.1, 0.15) is 0 Å². The first-order chi connectivity index (χ1) is 9.70. The molecule has 0 aliphatic carbocycles. The normalized spacial score (nSPS) is 8.40. The first-order valence-corrected chi connectivity index (χ1v) is 8.15. The van der Waals surface area contributed by atoms with Crippen LogP contribution in [-0.2, 0) is 0 Å². The second-order valence-electron chi connectivity index (χ2n) is 4.24. The molecule has 0 bridgehead atoms. The van der Waals surface area contributed by atoms with Crippen molar-refractivity contribution in [2.24, 2.45) is 0 Å². The zero-order chi connectivity index (χ0) is 16.0. The summed E-state index contributed by atoms with van der Waals surface area (Å²) in [5.74, 6) is 0. The van der Waals surface area contributed by atoms with E-state index >= 15 is 0 Å². The van der Waals surface area contributed by atoms with Gasteiger partial charge in [-0.05, 0) is 35.7 Å². The molecule has 2 aromatic rings. The Kier molecular flexibility index (Phi) is 14.8. The van der Waals surface area contributed by atoms with Crippen LogP contribution in [0.25, 0.3) is 10.8 Å². The Morgan fingerprint density at radius 1 is 0.600 bits per heavy atom. The van der Waals surface area contributed by atoms with Crippen molar-refractivity contribution in [1.29, 1.82) is 0 Å². The minimum Gasteiger partial charge on any atom is -0.0683 e. The number of hydrogen-bond acceptors (Lipinski definition) is 0. The van der Waals surface area contributed by atoms with E-state index in [1.54, 1.807) is 0 Å². The molecule has 0 unspecified atom stereocenters. The van der Waals surface area contributed by atoms with Crippen molar-refractivity contribution in [2.45, 2.75) is 68.2 Å². The van der Waals surface area contributed by atoms with Crippen molar-refractivity contribution in [3.05, 3.63) is 47.5 Å². The standard InChI is InChI=1S/C12H12.C4H10.2C2H6/c1-9-7-8-10(2)12-6-4-3-5-11(9)12;1-3-4-2;2*1-2/h3-8H,1-2H3;3-4H2,1-2H3;2*1-2H3. The second-order valence-corrected chi connectivity index (χ2v) is 4.24. The molecule has 0 N–H and O–H groups in total. The molecule has 0 aliphatic heterocycles. The quantitative estimate of drug-likeness (QED) is 0.511. The molecular formula is C20H34. The minimum absolute atomic E-state index is 1.32. The molecule has 0 atom stereocenters. The highest BCUT2D eigenvalue weighted by Crippen LogP contribution is 2.20. The van der Waals surface area contributed by atoms with Crippen molar-refractivity contribution in [3.63, 3.8) is 0 Å². The molecule has 0 saturated heterocycles. The Bertz CT molecular complexity index is 398. The van der Waals surface area contributed by atoms with E-state index in [2.05, 4.69) is 64.1 Å². The third-order valence-electron chi connectivity index (χ3n) is 2.86. The van der Waals surface area contributed by atoms with E-state index in [0.717, 1.165) is 0 Å². The van der Waals surface area contributed by atoms with Gasteiger partial charge in [0.25, 0.3) is 0 Å². The number of hydrogen-bond donors (Lipinski definition) is 0. The molecule has 0 saturated carbocycles. The van der Waals surface area contributed by atoms with Crippen LogP contribution < -0.4 is 0 Å². The molecule has 114 valence electrons. The maximum Gasteiger partial charge on any atom is -0.0152 e. The van der Waals surface area contributed by atoms with Crippen LogP contribution in [0.1, 0.15) is 65.5 Å². The van der Waals surface area contributed by atoms with E-state index in [1.165, 1.54) is 34.7 Å². The van der Waals surface area contributed by atoms with Gasteiger partial charge in [0.15, 0.2) is 0 Å². The smallest absolute Gasteiger partial charge is 0.0152 e. The molecule has 20 heavy (non-hydrogen) atoms. The van der Waals surface area contributed by atoms with Gasteiger partial charge in [-0.3, -0.25) is 0 Å². The van der Waals surface area contributed by atoms with Crippen LogP contribution in [0, 0.1) is 13.8 Å². The largest absolute Gasteiger partial charge is 0.0683 e. The summed E-state index contributed by atoms with van der Waals surface area (Å²) in [5.41, 5.74) is 2.72. The number of benzene rings is 2. The second kappa shape index (κ2) is 14.1. The van der Waals surface area contributed by atoms with Gasteiger partial charge in [-0.1, -0.05) is 90.8 Å². The zero-order valence-electron chi connectivity index (χ0n) is 14.9. The maximum absolute atomic E-state index is 2.18. The monoisotopic (exact) mass is 274 g/mol. The lowest BCUT2D eigenvalue weighted by Gasteiger charge is -2.03. The first kappa shape index (κ1) is 21.0. The molecule has 2 aromatic carbocycles. The molecule has 0 aliphatic rings. The van der Waals surface area contributed by atoms with Crippen molar-refractivity contribution >= 4 is 10.8 Å². The summed E-state index contributed by atoms with van der Waals surface area (Å²) < 4.78 is 0. The van der Waals surface area contributed by atoms with E-state index in [4.69, 9.17) is 0 Å². The van der Waals surface area contributed by atoms with Gasteiger partial charge in [-0.25, -0.2) is 0 Å². The number of unbranched alkanes of at least 4 members (excludes halogenated alkanes) is 1. The van der Waals surface area contributed by atoms with Crippen LogP contribution in [0.4, 0.5) is 0 Å². The topological polar surface area (TPSA) is 0 Å². The Morgan fingerprint density at radius 2 is 0.900 bits per heavy atom. The number of rotatable bonds is 1. The lowest BCUT2D eigenvalue weighted by atomic mass is 10.0. The lowest BCUT2D eigenvalue weighted by Crippen LogP contribution is -1.80. The van der Waals surface area contributed by atoms with E-state index in [1.807, 2.05) is 27.7 Å². The summed E-state index contributed by atoms with van der Waals surface area (Å²) in [7, 11) is 0. The summed E-state index contributed by atoms with van der Waals surface area (Å²) in [5, 5.41) is 2.75. The fourth-order valence-corrected chi connectivity index (χ4v) is 1.60. The molecule has 0 heterocycles. The first-order valence-electron chi connectivity index (χ1n) is 8.15. The van der Waals surface area contributed by atoms with Crippen molar-refractivity contribution in [1.82, 2.24) is 0 Å². The Morgan fingerprint density at radius 3 is 1.15 bits per heavy atom. The fourth-order valence-electron chi connectivity index (χ4n) is 1.60. The molecule has 0 heteroatoms. The zero-order valence-corrected chi connectivity index (χ0v) is 14.9. The van der Waals surface area contributed by atoms with Crippen LogP contribution in [-0.4, -0.2) is 0 Å². The highest BCUT2D eigenvalue weighted by atomic mass is 14.0. The van der Waals surface area contributed by atoms with Gasteiger partial charge < -0.3 is 0 Å². The molecule has 0 spiro atoms. The Balaban J connectivity index is 0. The van der Waals surface area contributed by atoms with Crippen LogP contribution in [0.2, 0.25) is 0 Å². The highest BCUT2D eigenvalue weighted by Gasteiger charge is 1.97. The molecule has 0 radical (unpaired) electrons. The van der Waals surface area contributed by atoms with Gasteiger partial charge in [0.05, 0.1) is 0 Å². The van der Waals surface area contributed by atoms with Gasteiger partial charge in [0, 0.05) is 0 Å². The van der Waals surface area contributed by atoms with E-state index < -0.39 is 0 Å². The Hall–Kier alpha value is -1.30. The van der Waals surface area contributed by atoms with Crippen LogP contribution in [0.5, 0.6) is 0 Å². The van der Waals surface area contributed by atoms with Crippen LogP contribution in [0.15, 0.2) is 36.4 Å². The third kappa shape index (κ3) is 7.33. The lowest BCUT2D eigenvalue weighted by molar-refractivity contribution is 0.886. The van der Waals surface area contributed by atoms with Crippen molar-refractivity contribution < 1.29 is 0 Å². The molecular weight excluding hydrogens is 240 g/mol. The Labute approximate surface area is 127 Å². The van der Waals surface area contributed by atoms with Gasteiger partial charge in [-0.15, -0.1) is 0 Å². The maximum atomic E-state index is 2.18. The van der Waals surface area contributed by atoms with Crippen LogP contribution in [0.3, 0.4) is 0 Å². The minimum atomic E-state index is 1.32. The van der Waals surface area contributed by atoms with E-state index in [0.29, 0.717) is 0 Å². The average molecular weight is 274 g/mol. The predicted molar refractivity (Wildman–Crippen MR) is 96.7 cm³/mol. The van der Waals surface area contributed by atoms with Crippen LogP contribution >= 0.6 is 0 Å². The van der Waals surface area contributed by atoms with Gasteiger partial charge >= 0.3 is 0 Å². The van der Waals surface area contributed by atoms with Gasteiger partial charge in [0.2, 0.25) is 0 Å². The summed E-state index contributed by atoms with van der Waals surface area (Å²) in [6.45, 7) is 16.7. The van der Waals surface area contributed by atoms with E-state index in [-0.39, 0.29) is 0 Å². The third-order valence-corrected chi connectivity index (χ3v) is 2.86. The average Bonchev–Trinajstić information content (AvgIpc) is 2.55. The van der Waals surface area contributed by atoms with Crippen molar-refractivity contribution in [2.75, 3.05) is 0 Å².